The van der Waals surface area contributed by atoms with Crippen molar-refractivity contribution in [3.8, 4) is 5.75 Å². The lowest BCUT2D eigenvalue weighted by Gasteiger charge is -2.15. The van der Waals surface area contributed by atoms with Crippen molar-refractivity contribution >= 4 is 44.8 Å². The molecule has 1 amide bonds. The number of para-hydroxylation sites is 1. The lowest BCUT2D eigenvalue weighted by molar-refractivity contribution is 0.0944. The van der Waals surface area contributed by atoms with Gasteiger partial charge in [0, 0.05) is 6.04 Å². The predicted molar refractivity (Wildman–Crippen MR) is 103 cm³/mol. The van der Waals surface area contributed by atoms with Crippen molar-refractivity contribution in [2.75, 3.05) is 11.8 Å². The Balaban J connectivity index is 2.43. The molecule has 0 heterocycles. The zero-order chi connectivity index (χ0) is 19.5. The molecular weight excluding hydrogens is 399 g/mol. The third-order valence-electron chi connectivity index (χ3n) is 3.36. The Kier molecular flexibility index (Phi) is 6.39. The molecule has 2 N–H and O–H groups in total. The number of halogens is 2. The Bertz CT molecular complexity index is 930. The van der Waals surface area contributed by atoms with Gasteiger partial charge in [0.25, 0.3) is 15.9 Å². The van der Waals surface area contributed by atoms with Crippen LogP contribution in [0, 0.1) is 0 Å². The SMILES string of the molecule is COc1ccc(S(=O)(=O)Nc2ccccc2C(=O)NC(C)C)c(Cl)c1Cl. The average Bonchev–Trinajstić information content (AvgIpc) is 2.56. The maximum atomic E-state index is 12.7. The molecule has 2 aromatic rings. The van der Waals surface area contributed by atoms with E-state index < -0.39 is 15.9 Å². The standard InChI is InChI=1S/C17H18Cl2N2O4S/c1-10(2)20-17(22)11-6-4-5-7-12(11)21-26(23,24)14-9-8-13(25-3)15(18)16(14)19/h4-10,21H,1-3H3,(H,20,22). The lowest BCUT2D eigenvalue weighted by Crippen LogP contribution is -2.31. The van der Waals surface area contributed by atoms with Gasteiger partial charge in [-0.05, 0) is 38.1 Å². The summed E-state index contributed by atoms with van der Waals surface area (Å²) in [5, 5.41) is 2.55. The molecular formula is C17H18Cl2N2O4S. The fourth-order valence-electron chi connectivity index (χ4n) is 2.19. The maximum Gasteiger partial charge on any atom is 0.263 e. The molecule has 0 fully saturated rings. The van der Waals surface area contributed by atoms with Crippen LogP contribution in [0.1, 0.15) is 24.2 Å². The van der Waals surface area contributed by atoms with E-state index in [9.17, 15) is 13.2 Å². The highest BCUT2D eigenvalue weighted by molar-refractivity contribution is 7.92. The first-order valence-electron chi connectivity index (χ1n) is 7.62. The summed E-state index contributed by atoms with van der Waals surface area (Å²) in [6, 6.07) is 8.87. The normalized spacial score (nSPS) is 11.3. The average molecular weight is 417 g/mol. The molecule has 0 radical (unpaired) electrons. The van der Waals surface area contributed by atoms with Crippen LogP contribution < -0.4 is 14.8 Å². The minimum Gasteiger partial charge on any atom is -0.495 e. The van der Waals surface area contributed by atoms with Crippen molar-refractivity contribution < 1.29 is 17.9 Å². The van der Waals surface area contributed by atoms with Gasteiger partial charge in [-0.3, -0.25) is 9.52 Å². The summed E-state index contributed by atoms with van der Waals surface area (Å²) in [5.41, 5.74) is 0.328. The van der Waals surface area contributed by atoms with Crippen LogP contribution in [0.5, 0.6) is 5.75 Å². The van der Waals surface area contributed by atoms with E-state index >= 15 is 0 Å². The quantitative estimate of drug-likeness (QED) is 0.746. The molecule has 0 spiro atoms. The van der Waals surface area contributed by atoms with Crippen molar-refractivity contribution in [2.24, 2.45) is 0 Å². The minimum absolute atomic E-state index is 0.0112. The topological polar surface area (TPSA) is 84.5 Å². The highest BCUT2D eigenvalue weighted by atomic mass is 35.5. The Morgan fingerprint density at radius 3 is 2.35 bits per heavy atom. The molecule has 140 valence electrons. The number of methoxy groups -OCH3 is 1. The lowest BCUT2D eigenvalue weighted by atomic mass is 10.1. The Morgan fingerprint density at radius 2 is 1.73 bits per heavy atom. The predicted octanol–water partition coefficient (Wildman–Crippen LogP) is 3.94. The van der Waals surface area contributed by atoms with E-state index in [1.165, 1.54) is 31.4 Å². The molecule has 9 heteroatoms. The van der Waals surface area contributed by atoms with Crippen molar-refractivity contribution in [2.45, 2.75) is 24.8 Å². The number of nitrogens with one attached hydrogen (secondary N) is 2. The van der Waals surface area contributed by atoms with Gasteiger partial charge in [0.05, 0.1) is 23.4 Å². The van der Waals surface area contributed by atoms with E-state index in [-0.39, 0.29) is 38.0 Å². The number of anilines is 1. The van der Waals surface area contributed by atoms with E-state index in [1.54, 1.807) is 12.1 Å². The van der Waals surface area contributed by atoms with Gasteiger partial charge in [0.15, 0.2) is 0 Å². The monoisotopic (exact) mass is 416 g/mol. The third-order valence-corrected chi connectivity index (χ3v) is 5.74. The second kappa shape index (κ2) is 8.16. The van der Waals surface area contributed by atoms with E-state index in [2.05, 4.69) is 10.0 Å². The molecule has 0 saturated heterocycles. The molecule has 0 aliphatic rings. The van der Waals surface area contributed by atoms with Crippen LogP contribution in [0.25, 0.3) is 0 Å². The van der Waals surface area contributed by atoms with Crippen LogP contribution in [0.3, 0.4) is 0 Å². The van der Waals surface area contributed by atoms with Crippen LogP contribution >= 0.6 is 23.2 Å². The fraction of sp³-hybridized carbons (Fsp3) is 0.235. The molecule has 0 bridgehead atoms. The van der Waals surface area contributed by atoms with Crippen LogP contribution in [-0.2, 0) is 10.0 Å². The van der Waals surface area contributed by atoms with Crippen molar-refractivity contribution in [3.05, 3.63) is 52.0 Å². The van der Waals surface area contributed by atoms with Crippen LogP contribution in [0.15, 0.2) is 41.3 Å². The fourth-order valence-corrected chi connectivity index (χ4v) is 4.11. The summed E-state index contributed by atoms with van der Waals surface area (Å²) in [5.74, 6) is -0.135. The molecule has 2 rings (SSSR count). The van der Waals surface area contributed by atoms with Gasteiger partial charge >= 0.3 is 0 Å². The first kappa shape index (κ1) is 20.4. The largest absolute Gasteiger partial charge is 0.495 e. The summed E-state index contributed by atoms with van der Waals surface area (Å²) in [6.07, 6.45) is 0. The molecule has 0 saturated carbocycles. The molecule has 0 aromatic heterocycles. The van der Waals surface area contributed by atoms with Crippen LogP contribution in [0.2, 0.25) is 10.0 Å². The van der Waals surface area contributed by atoms with Gasteiger partial charge in [0.2, 0.25) is 0 Å². The van der Waals surface area contributed by atoms with Gasteiger partial charge in [-0.1, -0.05) is 35.3 Å². The third kappa shape index (κ3) is 4.41. The number of amides is 1. The smallest absolute Gasteiger partial charge is 0.263 e. The summed E-state index contributed by atoms with van der Waals surface area (Å²) in [4.78, 5) is 12.1. The molecule has 26 heavy (non-hydrogen) atoms. The Labute approximate surface area is 162 Å². The number of hydrogen-bond acceptors (Lipinski definition) is 4. The number of hydrogen-bond donors (Lipinski definition) is 2. The maximum absolute atomic E-state index is 12.7. The second-order valence-corrected chi connectivity index (χ2v) is 8.08. The van der Waals surface area contributed by atoms with E-state index in [0.717, 1.165) is 0 Å². The number of rotatable bonds is 6. The van der Waals surface area contributed by atoms with Gasteiger partial charge in [-0.25, -0.2) is 8.42 Å². The van der Waals surface area contributed by atoms with Crippen molar-refractivity contribution in [3.63, 3.8) is 0 Å². The first-order valence-corrected chi connectivity index (χ1v) is 9.86. The second-order valence-electron chi connectivity index (χ2n) is 5.67. The van der Waals surface area contributed by atoms with Gasteiger partial charge < -0.3 is 10.1 Å². The first-order chi connectivity index (χ1) is 12.2. The highest BCUT2D eigenvalue weighted by Crippen LogP contribution is 2.37. The highest BCUT2D eigenvalue weighted by Gasteiger charge is 2.24. The van der Waals surface area contributed by atoms with E-state index in [4.69, 9.17) is 27.9 Å². The van der Waals surface area contributed by atoms with E-state index in [0.29, 0.717) is 0 Å². The van der Waals surface area contributed by atoms with Gasteiger partial charge in [0.1, 0.15) is 15.7 Å². The number of carbonyl (C=O) groups excluding carboxylic acids is 1. The van der Waals surface area contributed by atoms with Gasteiger partial charge in [-0.15, -0.1) is 0 Å². The minimum atomic E-state index is -4.08. The molecule has 6 nitrogen and oxygen atoms in total. The molecule has 0 aliphatic heterocycles. The van der Waals surface area contributed by atoms with E-state index in [1.807, 2.05) is 13.8 Å². The van der Waals surface area contributed by atoms with Crippen molar-refractivity contribution in [1.82, 2.24) is 5.32 Å². The summed E-state index contributed by atoms with van der Waals surface area (Å²) < 4.78 is 32.9. The van der Waals surface area contributed by atoms with Crippen LogP contribution in [0.4, 0.5) is 5.69 Å². The molecule has 0 aliphatic carbocycles. The summed E-state index contributed by atoms with van der Waals surface area (Å²) in [6.45, 7) is 3.62. The number of ether oxygens (including phenoxy) is 1. The number of sulfonamides is 1. The van der Waals surface area contributed by atoms with Crippen molar-refractivity contribution in [1.29, 1.82) is 0 Å². The molecule has 0 unspecified atom stereocenters. The zero-order valence-electron chi connectivity index (χ0n) is 14.3. The molecule has 2 aromatic carbocycles. The number of benzene rings is 2. The van der Waals surface area contributed by atoms with Crippen LogP contribution in [-0.4, -0.2) is 27.5 Å². The summed E-state index contributed by atoms with van der Waals surface area (Å²) >= 11 is 12.1. The Morgan fingerprint density at radius 1 is 1.08 bits per heavy atom. The number of carbonyl (C=O) groups is 1. The summed E-state index contributed by atoms with van der Waals surface area (Å²) in [7, 11) is -2.68. The zero-order valence-corrected chi connectivity index (χ0v) is 16.7. The van der Waals surface area contributed by atoms with Gasteiger partial charge in [-0.2, -0.15) is 0 Å². The molecule has 0 atom stereocenters. The Hall–Kier alpha value is -1.96.